The zero-order valence-corrected chi connectivity index (χ0v) is 18.2. The van der Waals surface area contributed by atoms with Crippen LogP contribution < -0.4 is 15.1 Å². The fraction of sp³-hybridized carbons (Fsp3) is 0.458. The van der Waals surface area contributed by atoms with E-state index >= 15 is 0 Å². The van der Waals surface area contributed by atoms with Crippen LogP contribution in [0.1, 0.15) is 43.0 Å². The number of rotatable bonds is 2. The van der Waals surface area contributed by atoms with Gasteiger partial charge in [-0.2, -0.15) is 0 Å². The molecule has 0 spiro atoms. The van der Waals surface area contributed by atoms with Gasteiger partial charge < -0.3 is 9.64 Å². The fourth-order valence-corrected chi connectivity index (χ4v) is 5.79. The lowest BCUT2D eigenvalue weighted by atomic mass is 9.81. The van der Waals surface area contributed by atoms with Crippen molar-refractivity contribution in [2.45, 2.75) is 44.3 Å². The standard InChI is InChI=1S/C24H30N4O2/c1-16-19-8-6-5-7-17(19)11-13-28(16)25-23(29)30-18-9-10-21-20(15-18)24(2)12-14-26(3)22(24)27(21)4/h5-10,15-16,22H,11-14H2,1-4H3,(H,25,29)/t16?,22-,24+/m1/s1. The third kappa shape index (κ3) is 2.89. The molecule has 1 unspecified atom stereocenters. The molecule has 2 aromatic rings. The number of nitrogens with one attached hydrogen (secondary N) is 1. The third-order valence-corrected chi connectivity index (χ3v) is 7.34. The summed E-state index contributed by atoms with van der Waals surface area (Å²) in [4.78, 5) is 17.4. The number of benzene rings is 2. The molecule has 1 fully saturated rings. The summed E-state index contributed by atoms with van der Waals surface area (Å²) in [5.74, 6) is 0.598. The van der Waals surface area contributed by atoms with Crippen LogP contribution >= 0.6 is 0 Å². The van der Waals surface area contributed by atoms with Crippen LogP contribution in [-0.2, 0) is 11.8 Å². The lowest BCUT2D eigenvalue weighted by molar-refractivity contribution is 0.109. The Morgan fingerprint density at radius 2 is 1.97 bits per heavy atom. The van der Waals surface area contributed by atoms with Crippen molar-refractivity contribution in [2.24, 2.45) is 0 Å². The molecule has 0 radical (unpaired) electrons. The monoisotopic (exact) mass is 406 g/mol. The SMILES string of the molecule is CC1c2ccccc2CCN1NC(=O)Oc1ccc2c(c1)[C@]1(C)CCN(C)[C@@H]1N2C. The highest BCUT2D eigenvalue weighted by Crippen LogP contribution is 2.51. The second-order valence-electron chi connectivity index (χ2n) is 9.13. The molecule has 1 saturated heterocycles. The van der Waals surface area contributed by atoms with E-state index in [2.05, 4.69) is 73.5 Å². The molecule has 0 bridgehead atoms. The number of ether oxygens (including phenoxy) is 1. The maximum absolute atomic E-state index is 12.7. The van der Waals surface area contributed by atoms with Gasteiger partial charge in [-0.05, 0) is 61.7 Å². The van der Waals surface area contributed by atoms with Gasteiger partial charge in [0.05, 0.1) is 12.2 Å². The van der Waals surface area contributed by atoms with Crippen LogP contribution in [0.2, 0.25) is 0 Å². The van der Waals surface area contributed by atoms with Gasteiger partial charge in [-0.1, -0.05) is 31.2 Å². The molecule has 5 rings (SSSR count). The van der Waals surface area contributed by atoms with Gasteiger partial charge in [0.1, 0.15) is 5.75 Å². The molecule has 0 aromatic heterocycles. The van der Waals surface area contributed by atoms with Crippen molar-refractivity contribution in [1.82, 2.24) is 15.3 Å². The van der Waals surface area contributed by atoms with Gasteiger partial charge in [0.2, 0.25) is 0 Å². The number of carbonyl (C=O) groups is 1. The molecular weight excluding hydrogens is 376 g/mol. The van der Waals surface area contributed by atoms with Crippen molar-refractivity contribution in [1.29, 1.82) is 0 Å². The van der Waals surface area contributed by atoms with Gasteiger partial charge in [0.25, 0.3) is 0 Å². The van der Waals surface area contributed by atoms with Gasteiger partial charge >= 0.3 is 6.09 Å². The number of hydrazine groups is 1. The average molecular weight is 407 g/mol. The first-order valence-electron chi connectivity index (χ1n) is 10.8. The minimum Gasteiger partial charge on any atom is -0.409 e. The highest BCUT2D eigenvalue weighted by atomic mass is 16.6. The van der Waals surface area contributed by atoms with E-state index in [9.17, 15) is 4.79 Å². The number of hydrogen-bond acceptors (Lipinski definition) is 5. The lowest BCUT2D eigenvalue weighted by Gasteiger charge is -2.34. The van der Waals surface area contributed by atoms with E-state index in [-0.39, 0.29) is 11.5 Å². The second kappa shape index (κ2) is 7.00. The molecule has 6 nitrogen and oxygen atoms in total. The van der Waals surface area contributed by atoms with E-state index in [0.29, 0.717) is 11.9 Å². The number of hydrogen-bond donors (Lipinski definition) is 1. The Labute approximate surface area is 178 Å². The molecule has 2 aromatic carbocycles. The summed E-state index contributed by atoms with van der Waals surface area (Å²) in [6.07, 6.45) is 1.94. The Kier molecular flexibility index (Phi) is 4.52. The molecule has 3 heterocycles. The highest BCUT2D eigenvalue weighted by Gasteiger charge is 2.52. The quantitative estimate of drug-likeness (QED) is 0.825. The van der Waals surface area contributed by atoms with E-state index in [4.69, 9.17) is 4.74 Å². The van der Waals surface area contributed by atoms with Crippen LogP contribution in [0.25, 0.3) is 0 Å². The third-order valence-electron chi connectivity index (χ3n) is 7.34. The van der Waals surface area contributed by atoms with Gasteiger partial charge in [0.15, 0.2) is 0 Å². The fourth-order valence-electron chi connectivity index (χ4n) is 5.79. The zero-order chi connectivity index (χ0) is 21.0. The number of carbonyl (C=O) groups excluding carboxylic acids is 1. The molecule has 0 aliphatic carbocycles. The van der Waals surface area contributed by atoms with Gasteiger partial charge in [0, 0.05) is 31.2 Å². The Hall–Kier alpha value is -2.57. The molecule has 3 aliphatic heterocycles. The van der Waals surface area contributed by atoms with Crippen LogP contribution in [0.15, 0.2) is 42.5 Å². The smallest absolute Gasteiger partial charge is 0.409 e. The summed E-state index contributed by atoms with van der Waals surface area (Å²) < 4.78 is 5.71. The molecule has 0 saturated carbocycles. The number of fused-ring (bicyclic) bond motifs is 4. The zero-order valence-electron chi connectivity index (χ0n) is 18.2. The molecule has 3 aliphatic rings. The summed E-state index contributed by atoms with van der Waals surface area (Å²) in [6, 6.07) is 14.6. The number of likely N-dealkylation sites (N-methyl/N-ethyl adjacent to an activating group) is 2. The van der Waals surface area contributed by atoms with Crippen molar-refractivity contribution in [3.63, 3.8) is 0 Å². The minimum absolute atomic E-state index is 0.0553. The molecule has 30 heavy (non-hydrogen) atoms. The Bertz CT molecular complexity index is 993. The summed E-state index contributed by atoms with van der Waals surface area (Å²) in [5, 5.41) is 1.97. The maximum Gasteiger partial charge on any atom is 0.427 e. The van der Waals surface area contributed by atoms with Crippen molar-refractivity contribution in [3.8, 4) is 5.75 Å². The van der Waals surface area contributed by atoms with Crippen LogP contribution in [0, 0.1) is 0 Å². The molecule has 158 valence electrons. The average Bonchev–Trinajstić information content (AvgIpc) is 3.16. The van der Waals surface area contributed by atoms with Gasteiger partial charge in [-0.3, -0.25) is 10.3 Å². The first kappa shape index (κ1) is 19.4. The Balaban J connectivity index is 1.31. The highest BCUT2D eigenvalue weighted by molar-refractivity contribution is 5.72. The summed E-state index contributed by atoms with van der Waals surface area (Å²) in [7, 11) is 4.33. The van der Waals surface area contributed by atoms with Gasteiger partial charge in [-0.25, -0.2) is 9.80 Å². The molecule has 1 N–H and O–H groups in total. The molecule has 1 amide bonds. The van der Waals surface area contributed by atoms with E-state index in [1.165, 1.54) is 22.4 Å². The number of anilines is 1. The lowest BCUT2D eigenvalue weighted by Crippen LogP contribution is -2.48. The predicted octanol–water partition coefficient (Wildman–Crippen LogP) is 3.68. The normalized spacial score (nSPS) is 28.1. The number of likely N-dealkylation sites (tertiary alicyclic amines) is 1. The molecular formula is C24H30N4O2. The van der Waals surface area contributed by atoms with Gasteiger partial charge in [-0.15, -0.1) is 0 Å². The second-order valence-corrected chi connectivity index (χ2v) is 9.13. The summed E-state index contributed by atoms with van der Waals surface area (Å²) >= 11 is 0. The first-order valence-corrected chi connectivity index (χ1v) is 10.8. The largest absolute Gasteiger partial charge is 0.427 e. The van der Waals surface area contributed by atoms with Crippen molar-refractivity contribution in [2.75, 3.05) is 32.1 Å². The first-order chi connectivity index (χ1) is 14.4. The van der Waals surface area contributed by atoms with Crippen molar-refractivity contribution >= 4 is 11.8 Å². The molecule has 3 atom stereocenters. The Morgan fingerprint density at radius 1 is 1.17 bits per heavy atom. The minimum atomic E-state index is -0.433. The van der Waals surface area contributed by atoms with Crippen LogP contribution in [0.4, 0.5) is 10.5 Å². The molecule has 6 heteroatoms. The summed E-state index contributed by atoms with van der Waals surface area (Å²) in [5.41, 5.74) is 8.11. The van der Waals surface area contributed by atoms with E-state index in [1.807, 2.05) is 17.1 Å². The topological polar surface area (TPSA) is 48.1 Å². The number of nitrogens with zero attached hydrogens (tertiary/aromatic N) is 3. The van der Waals surface area contributed by atoms with Crippen LogP contribution in [0.5, 0.6) is 5.75 Å². The van der Waals surface area contributed by atoms with E-state index < -0.39 is 6.09 Å². The van der Waals surface area contributed by atoms with Crippen LogP contribution in [-0.4, -0.2) is 49.4 Å². The maximum atomic E-state index is 12.7. The Morgan fingerprint density at radius 3 is 2.80 bits per heavy atom. The van der Waals surface area contributed by atoms with Crippen molar-refractivity contribution in [3.05, 3.63) is 59.2 Å². The number of amides is 1. The van der Waals surface area contributed by atoms with E-state index in [1.54, 1.807) is 0 Å². The van der Waals surface area contributed by atoms with Crippen molar-refractivity contribution < 1.29 is 9.53 Å². The van der Waals surface area contributed by atoms with Crippen LogP contribution in [0.3, 0.4) is 0 Å². The predicted molar refractivity (Wildman–Crippen MR) is 118 cm³/mol. The summed E-state index contributed by atoms with van der Waals surface area (Å²) in [6.45, 7) is 6.28. The van der Waals surface area contributed by atoms with E-state index in [0.717, 1.165) is 25.9 Å².